The zero-order valence-corrected chi connectivity index (χ0v) is 11.6. The smallest absolute Gasteiger partial charge is 0.195 e. The molecule has 0 amide bonds. The Bertz CT molecular complexity index is 777. The van der Waals surface area contributed by atoms with E-state index in [9.17, 15) is 0 Å². The van der Waals surface area contributed by atoms with Crippen molar-refractivity contribution >= 4 is 12.2 Å². The van der Waals surface area contributed by atoms with Crippen LogP contribution in [-0.4, -0.2) is 29.7 Å². The Morgan fingerprint density at radius 1 is 1.30 bits per heavy atom. The number of nitrogens with one attached hydrogen (secondary N) is 1. The normalized spacial score (nSPS) is 10.7. The number of aromatic nitrogens is 6. The highest BCUT2D eigenvalue weighted by molar-refractivity contribution is 7.71. The number of hydrogen-bond donors (Lipinski definition) is 1. The van der Waals surface area contributed by atoms with Crippen LogP contribution in [-0.2, 0) is 6.54 Å². The number of aryl methyl sites for hydroxylation is 1. The number of pyridine rings is 1. The van der Waals surface area contributed by atoms with Crippen LogP contribution in [0.5, 0.6) is 0 Å². The molecule has 0 spiro atoms. The Morgan fingerprint density at radius 3 is 2.95 bits per heavy atom. The molecule has 3 aromatic rings. The SMILES string of the molecule is Cc1nccc(Cn2c(-c3cccnc3)n[nH]c2=S)n1. The molecule has 0 aromatic carbocycles. The molecule has 0 unspecified atom stereocenters. The Hall–Kier alpha value is -2.41. The minimum atomic E-state index is 0.545. The topological polar surface area (TPSA) is 72.3 Å². The number of rotatable bonds is 3. The van der Waals surface area contributed by atoms with E-state index in [1.165, 1.54) is 0 Å². The minimum Gasteiger partial charge on any atom is -0.294 e. The third kappa shape index (κ3) is 2.48. The zero-order chi connectivity index (χ0) is 13.9. The van der Waals surface area contributed by atoms with E-state index in [2.05, 4.69) is 25.1 Å². The van der Waals surface area contributed by atoms with E-state index in [1.54, 1.807) is 18.6 Å². The maximum atomic E-state index is 5.29. The van der Waals surface area contributed by atoms with Gasteiger partial charge in [0.15, 0.2) is 10.6 Å². The quantitative estimate of drug-likeness (QED) is 0.746. The van der Waals surface area contributed by atoms with Crippen LogP contribution in [0.3, 0.4) is 0 Å². The van der Waals surface area contributed by atoms with Crippen LogP contribution in [0.2, 0.25) is 0 Å². The van der Waals surface area contributed by atoms with Crippen molar-refractivity contribution < 1.29 is 0 Å². The van der Waals surface area contributed by atoms with Crippen molar-refractivity contribution in [2.45, 2.75) is 13.5 Å². The first-order valence-corrected chi connectivity index (χ1v) is 6.49. The van der Waals surface area contributed by atoms with Crippen molar-refractivity contribution in [1.82, 2.24) is 29.7 Å². The summed E-state index contributed by atoms with van der Waals surface area (Å²) < 4.78 is 2.45. The van der Waals surface area contributed by atoms with Crippen LogP contribution in [0.1, 0.15) is 11.5 Å². The molecule has 0 radical (unpaired) electrons. The van der Waals surface area contributed by atoms with Gasteiger partial charge in [-0.15, -0.1) is 0 Å². The van der Waals surface area contributed by atoms with Gasteiger partial charge in [0.25, 0.3) is 0 Å². The third-order valence-electron chi connectivity index (χ3n) is 2.83. The van der Waals surface area contributed by atoms with Gasteiger partial charge in [0, 0.05) is 24.2 Å². The summed E-state index contributed by atoms with van der Waals surface area (Å²) in [7, 11) is 0. The Balaban J connectivity index is 2.02. The summed E-state index contributed by atoms with van der Waals surface area (Å²) in [6, 6.07) is 5.68. The monoisotopic (exact) mass is 284 g/mol. The van der Waals surface area contributed by atoms with Gasteiger partial charge >= 0.3 is 0 Å². The second kappa shape index (κ2) is 5.30. The fourth-order valence-electron chi connectivity index (χ4n) is 1.93. The fraction of sp³-hybridized carbons (Fsp3) is 0.154. The molecule has 3 heterocycles. The lowest BCUT2D eigenvalue weighted by molar-refractivity contribution is 0.756. The average molecular weight is 284 g/mol. The molecular weight excluding hydrogens is 272 g/mol. The Labute approximate surface area is 120 Å². The van der Waals surface area contributed by atoms with E-state index < -0.39 is 0 Å². The molecule has 6 nitrogen and oxygen atoms in total. The summed E-state index contributed by atoms with van der Waals surface area (Å²) in [6.45, 7) is 2.41. The second-order valence-corrected chi connectivity index (χ2v) is 4.66. The fourth-order valence-corrected chi connectivity index (χ4v) is 2.13. The van der Waals surface area contributed by atoms with Crippen molar-refractivity contribution in [3.63, 3.8) is 0 Å². The molecule has 1 N–H and O–H groups in total. The molecule has 0 saturated carbocycles. The highest BCUT2D eigenvalue weighted by Gasteiger charge is 2.10. The molecule has 3 aromatic heterocycles. The van der Waals surface area contributed by atoms with E-state index in [1.807, 2.05) is 29.7 Å². The number of aromatic amines is 1. The molecular formula is C13H12N6S. The Kier molecular flexibility index (Phi) is 3.34. The van der Waals surface area contributed by atoms with Gasteiger partial charge < -0.3 is 0 Å². The summed E-state index contributed by atoms with van der Waals surface area (Å²) in [5.74, 6) is 1.49. The van der Waals surface area contributed by atoms with Crippen LogP contribution in [0.4, 0.5) is 0 Å². The molecule has 0 fully saturated rings. The summed E-state index contributed by atoms with van der Waals surface area (Å²) in [5.41, 5.74) is 1.80. The third-order valence-corrected chi connectivity index (χ3v) is 3.14. The predicted molar refractivity (Wildman–Crippen MR) is 76.5 cm³/mol. The molecule has 3 rings (SSSR count). The van der Waals surface area contributed by atoms with Gasteiger partial charge in [0.2, 0.25) is 0 Å². The highest BCUT2D eigenvalue weighted by Crippen LogP contribution is 2.16. The van der Waals surface area contributed by atoms with Gasteiger partial charge in [-0.3, -0.25) is 14.6 Å². The van der Waals surface area contributed by atoms with Crippen molar-refractivity contribution in [1.29, 1.82) is 0 Å². The first-order valence-electron chi connectivity index (χ1n) is 6.08. The van der Waals surface area contributed by atoms with Crippen molar-refractivity contribution in [3.8, 4) is 11.4 Å². The summed E-state index contributed by atoms with van der Waals surface area (Å²) in [4.78, 5) is 12.6. The number of nitrogens with zero attached hydrogens (tertiary/aromatic N) is 5. The lowest BCUT2D eigenvalue weighted by Crippen LogP contribution is -2.05. The summed E-state index contributed by atoms with van der Waals surface area (Å²) >= 11 is 5.29. The number of hydrogen-bond acceptors (Lipinski definition) is 5. The van der Waals surface area contributed by atoms with Crippen LogP contribution in [0.25, 0.3) is 11.4 Å². The van der Waals surface area contributed by atoms with Crippen molar-refractivity contribution in [3.05, 3.63) is 53.1 Å². The molecule has 0 bridgehead atoms. The van der Waals surface area contributed by atoms with Gasteiger partial charge in [0.1, 0.15) is 5.82 Å². The maximum absolute atomic E-state index is 5.29. The zero-order valence-electron chi connectivity index (χ0n) is 10.8. The first-order chi connectivity index (χ1) is 9.74. The molecule has 0 aliphatic heterocycles. The standard InChI is InChI=1S/C13H12N6S/c1-9-15-6-4-11(16-9)8-19-12(17-18-13(19)20)10-3-2-5-14-7-10/h2-7H,8H2,1H3,(H,18,20). The van der Waals surface area contributed by atoms with Crippen molar-refractivity contribution in [2.24, 2.45) is 0 Å². The van der Waals surface area contributed by atoms with Gasteiger partial charge in [-0.2, -0.15) is 5.10 Å². The summed E-state index contributed by atoms with van der Waals surface area (Å²) in [6.07, 6.45) is 5.22. The molecule has 100 valence electrons. The maximum Gasteiger partial charge on any atom is 0.195 e. The molecule has 0 saturated heterocycles. The summed E-state index contributed by atoms with van der Waals surface area (Å²) in [5, 5.41) is 7.08. The van der Waals surface area contributed by atoms with Crippen LogP contribution in [0.15, 0.2) is 36.8 Å². The van der Waals surface area contributed by atoms with Crippen LogP contribution in [0, 0.1) is 11.7 Å². The van der Waals surface area contributed by atoms with E-state index in [0.717, 1.165) is 22.9 Å². The molecule has 0 aliphatic carbocycles. The highest BCUT2D eigenvalue weighted by atomic mass is 32.1. The van der Waals surface area contributed by atoms with E-state index in [-0.39, 0.29) is 0 Å². The molecule has 0 atom stereocenters. The molecule has 7 heteroatoms. The van der Waals surface area contributed by atoms with E-state index in [0.29, 0.717) is 11.3 Å². The van der Waals surface area contributed by atoms with Gasteiger partial charge in [-0.05, 0) is 37.3 Å². The van der Waals surface area contributed by atoms with E-state index >= 15 is 0 Å². The van der Waals surface area contributed by atoms with Crippen molar-refractivity contribution in [2.75, 3.05) is 0 Å². The average Bonchev–Trinajstić information content (AvgIpc) is 2.81. The number of H-pyrrole nitrogens is 1. The van der Waals surface area contributed by atoms with Crippen LogP contribution >= 0.6 is 12.2 Å². The van der Waals surface area contributed by atoms with Gasteiger partial charge in [0.05, 0.1) is 12.2 Å². The predicted octanol–water partition coefficient (Wildman–Crippen LogP) is 2.15. The Morgan fingerprint density at radius 2 is 2.20 bits per heavy atom. The van der Waals surface area contributed by atoms with Crippen LogP contribution < -0.4 is 0 Å². The minimum absolute atomic E-state index is 0.545. The largest absolute Gasteiger partial charge is 0.294 e. The molecule has 0 aliphatic rings. The lowest BCUT2D eigenvalue weighted by Gasteiger charge is -2.06. The first kappa shape index (κ1) is 12.6. The molecule has 20 heavy (non-hydrogen) atoms. The second-order valence-electron chi connectivity index (χ2n) is 4.28. The lowest BCUT2D eigenvalue weighted by atomic mass is 10.2. The van der Waals surface area contributed by atoms with Gasteiger partial charge in [-0.1, -0.05) is 0 Å². The van der Waals surface area contributed by atoms with Gasteiger partial charge in [-0.25, -0.2) is 9.97 Å². The van der Waals surface area contributed by atoms with E-state index in [4.69, 9.17) is 12.2 Å².